The van der Waals surface area contributed by atoms with Crippen molar-refractivity contribution in [1.82, 2.24) is 0 Å². The zero-order valence-corrected chi connectivity index (χ0v) is 5.10. The molecule has 2 nitrogen and oxygen atoms in total. The smallest absolute Gasteiger partial charge is 0.152 e. The Morgan fingerprint density at radius 3 is 2.00 bits per heavy atom. The summed E-state index contributed by atoms with van der Waals surface area (Å²) in [6.07, 6.45) is -0.865. The summed E-state index contributed by atoms with van der Waals surface area (Å²) >= 11 is 3.92. The van der Waals surface area contributed by atoms with Gasteiger partial charge in [0, 0.05) is 11.7 Å². The summed E-state index contributed by atoms with van der Waals surface area (Å²) in [5.41, 5.74) is 0. The minimum Gasteiger partial charge on any atom is -0.368 e. The fraction of sp³-hybridized carbons (Fsp3) is 1.00. The standard InChI is InChI=1S/C4H10O2S/c1-3(7)2-4(5)6/h3-7H,2H2,1H3. The average Bonchev–Trinajstić information content (AvgIpc) is 1.27. The number of hydrogen-bond donors (Lipinski definition) is 3. The molecule has 44 valence electrons. The molecule has 0 saturated carbocycles. The second kappa shape index (κ2) is 3.29. The van der Waals surface area contributed by atoms with Crippen LogP contribution in [0.15, 0.2) is 0 Å². The molecule has 0 radical (unpaired) electrons. The van der Waals surface area contributed by atoms with E-state index in [0.717, 1.165) is 0 Å². The Morgan fingerprint density at radius 2 is 2.00 bits per heavy atom. The average molecular weight is 122 g/mol. The molecule has 0 saturated heterocycles. The third kappa shape index (κ3) is 6.27. The molecule has 0 amide bonds. The first-order valence-corrected chi connectivity index (χ1v) is 2.68. The number of aliphatic hydroxyl groups is 2. The van der Waals surface area contributed by atoms with Crippen LogP contribution in [0.4, 0.5) is 0 Å². The molecule has 3 heteroatoms. The van der Waals surface area contributed by atoms with Crippen molar-refractivity contribution in [2.75, 3.05) is 0 Å². The molecule has 7 heavy (non-hydrogen) atoms. The minimum absolute atomic E-state index is 0.0694. The van der Waals surface area contributed by atoms with Gasteiger partial charge >= 0.3 is 0 Å². The Labute approximate surface area is 48.6 Å². The predicted molar refractivity (Wildman–Crippen MR) is 31.3 cm³/mol. The van der Waals surface area contributed by atoms with Crippen molar-refractivity contribution in [3.8, 4) is 0 Å². The third-order valence-electron chi connectivity index (χ3n) is 0.552. The van der Waals surface area contributed by atoms with Crippen molar-refractivity contribution in [3.05, 3.63) is 0 Å². The molecule has 2 N–H and O–H groups in total. The topological polar surface area (TPSA) is 40.5 Å². The lowest BCUT2D eigenvalue weighted by Crippen LogP contribution is -2.09. The van der Waals surface area contributed by atoms with Gasteiger partial charge in [0.1, 0.15) is 0 Å². The van der Waals surface area contributed by atoms with Gasteiger partial charge < -0.3 is 10.2 Å². The summed E-state index contributed by atoms with van der Waals surface area (Å²) in [6.45, 7) is 1.81. The fourth-order valence-corrected chi connectivity index (χ4v) is 0.494. The van der Waals surface area contributed by atoms with Gasteiger partial charge in [-0.3, -0.25) is 0 Å². The molecule has 1 atom stereocenters. The van der Waals surface area contributed by atoms with Crippen molar-refractivity contribution >= 4 is 12.6 Å². The predicted octanol–water partition coefficient (Wildman–Crippen LogP) is 0.00550. The lowest BCUT2D eigenvalue weighted by Gasteiger charge is -2.03. The highest BCUT2D eigenvalue weighted by Gasteiger charge is 1.99. The first kappa shape index (κ1) is 7.27. The Morgan fingerprint density at radius 1 is 1.57 bits per heavy atom. The molecule has 1 unspecified atom stereocenters. The Kier molecular flexibility index (Phi) is 3.42. The maximum Gasteiger partial charge on any atom is 0.152 e. The van der Waals surface area contributed by atoms with E-state index < -0.39 is 6.29 Å². The Balaban J connectivity index is 2.95. The van der Waals surface area contributed by atoms with E-state index in [1.165, 1.54) is 0 Å². The van der Waals surface area contributed by atoms with Crippen molar-refractivity contribution in [2.24, 2.45) is 0 Å². The minimum atomic E-state index is -1.20. The molecule has 0 aromatic carbocycles. The summed E-state index contributed by atoms with van der Waals surface area (Å²) in [4.78, 5) is 0. The molecule has 0 rings (SSSR count). The maximum absolute atomic E-state index is 8.23. The van der Waals surface area contributed by atoms with E-state index >= 15 is 0 Å². The fourth-order valence-electron chi connectivity index (χ4n) is 0.305. The van der Waals surface area contributed by atoms with Gasteiger partial charge in [0.25, 0.3) is 0 Å². The number of hydrogen-bond acceptors (Lipinski definition) is 3. The van der Waals surface area contributed by atoms with Crippen LogP contribution in [0.1, 0.15) is 13.3 Å². The second-order valence-electron chi connectivity index (χ2n) is 1.57. The maximum atomic E-state index is 8.23. The molecule has 0 heterocycles. The number of thiol groups is 1. The van der Waals surface area contributed by atoms with Gasteiger partial charge in [-0.15, -0.1) is 0 Å². The number of rotatable bonds is 2. The molecule has 0 aromatic rings. The van der Waals surface area contributed by atoms with Crippen molar-refractivity contribution in [3.63, 3.8) is 0 Å². The van der Waals surface area contributed by atoms with Crippen LogP contribution in [0.25, 0.3) is 0 Å². The van der Waals surface area contributed by atoms with Crippen LogP contribution < -0.4 is 0 Å². The normalized spacial score (nSPS) is 15.0. The second-order valence-corrected chi connectivity index (χ2v) is 2.45. The van der Waals surface area contributed by atoms with Crippen molar-refractivity contribution in [1.29, 1.82) is 0 Å². The summed E-state index contributed by atoms with van der Waals surface area (Å²) in [5.74, 6) is 0. The van der Waals surface area contributed by atoms with Gasteiger partial charge in [-0.1, -0.05) is 6.92 Å². The molecule has 0 aliphatic heterocycles. The largest absolute Gasteiger partial charge is 0.368 e. The van der Waals surface area contributed by atoms with Crippen LogP contribution in [-0.2, 0) is 0 Å². The molecule has 0 fully saturated rings. The highest BCUT2D eigenvalue weighted by molar-refractivity contribution is 7.80. The summed E-state index contributed by atoms with van der Waals surface area (Å²) in [6, 6.07) is 0. The quantitative estimate of drug-likeness (QED) is 0.356. The first-order chi connectivity index (χ1) is 3.13. The Hall–Kier alpha value is 0.270. The lowest BCUT2D eigenvalue weighted by atomic mass is 10.3. The molecule has 0 aromatic heterocycles. The first-order valence-electron chi connectivity index (χ1n) is 2.17. The van der Waals surface area contributed by atoms with E-state index in [9.17, 15) is 0 Å². The van der Waals surface area contributed by atoms with E-state index in [4.69, 9.17) is 10.2 Å². The van der Waals surface area contributed by atoms with Crippen molar-refractivity contribution in [2.45, 2.75) is 24.9 Å². The van der Waals surface area contributed by atoms with Gasteiger partial charge in [-0.25, -0.2) is 0 Å². The highest BCUT2D eigenvalue weighted by Crippen LogP contribution is 2.00. The number of aliphatic hydroxyl groups excluding tert-OH is 1. The monoisotopic (exact) mass is 122 g/mol. The molecule has 0 aliphatic rings. The van der Waals surface area contributed by atoms with Crippen LogP contribution in [0.2, 0.25) is 0 Å². The van der Waals surface area contributed by atoms with Gasteiger partial charge in [-0.2, -0.15) is 12.6 Å². The van der Waals surface area contributed by atoms with E-state index in [-0.39, 0.29) is 5.25 Å². The van der Waals surface area contributed by atoms with Gasteiger partial charge in [0.2, 0.25) is 0 Å². The SMILES string of the molecule is CC(S)CC(O)O. The van der Waals surface area contributed by atoms with Crippen LogP contribution in [0.5, 0.6) is 0 Å². The molecular formula is C4H10O2S. The third-order valence-corrected chi connectivity index (χ3v) is 0.763. The van der Waals surface area contributed by atoms with E-state index in [2.05, 4.69) is 12.6 Å². The highest BCUT2D eigenvalue weighted by atomic mass is 32.1. The van der Waals surface area contributed by atoms with Gasteiger partial charge in [0.05, 0.1) is 0 Å². The van der Waals surface area contributed by atoms with Gasteiger partial charge in [-0.05, 0) is 0 Å². The van der Waals surface area contributed by atoms with Crippen molar-refractivity contribution < 1.29 is 10.2 Å². The van der Waals surface area contributed by atoms with Crippen LogP contribution in [0.3, 0.4) is 0 Å². The van der Waals surface area contributed by atoms with Crippen LogP contribution in [0, 0.1) is 0 Å². The zero-order valence-electron chi connectivity index (χ0n) is 4.20. The summed E-state index contributed by atoms with van der Waals surface area (Å²) in [5, 5.41) is 16.5. The molecular weight excluding hydrogens is 112 g/mol. The Bertz CT molecular complexity index is 39.0. The van der Waals surface area contributed by atoms with Crippen LogP contribution in [-0.4, -0.2) is 21.8 Å². The lowest BCUT2D eigenvalue weighted by molar-refractivity contribution is -0.0441. The zero-order chi connectivity index (χ0) is 5.86. The van der Waals surface area contributed by atoms with Crippen LogP contribution >= 0.6 is 12.6 Å². The van der Waals surface area contributed by atoms with E-state index in [1.807, 2.05) is 6.92 Å². The molecule has 0 aliphatic carbocycles. The molecule has 0 spiro atoms. The molecule has 0 bridgehead atoms. The van der Waals surface area contributed by atoms with E-state index in [0.29, 0.717) is 6.42 Å². The van der Waals surface area contributed by atoms with Gasteiger partial charge in [0.15, 0.2) is 6.29 Å². The van der Waals surface area contributed by atoms with E-state index in [1.54, 1.807) is 0 Å². The summed E-state index contributed by atoms with van der Waals surface area (Å²) in [7, 11) is 0. The summed E-state index contributed by atoms with van der Waals surface area (Å²) < 4.78 is 0.